The van der Waals surface area contributed by atoms with Gasteiger partial charge in [0, 0.05) is 50.2 Å². The van der Waals surface area contributed by atoms with Gasteiger partial charge in [-0.3, -0.25) is 29.3 Å². The molecule has 0 saturated heterocycles. The highest BCUT2D eigenvalue weighted by molar-refractivity contribution is 5.96. The van der Waals surface area contributed by atoms with Gasteiger partial charge in [-0.2, -0.15) is 0 Å². The summed E-state index contributed by atoms with van der Waals surface area (Å²) >= 11 is 0. The minimum absolute atomic E-state index is 0.0431. The van der Waals surface area contributed by atoms with Crippen molar-refractivity contribution >= 4 is 41.2 Å². The SMILES string of the molecule is CCC1C(C2CCC(C(C)CCCC(C)C)C2C)CC=C2CC(OCCCNC(=O)CCC(=O)NC(Cc3ccccc3)C(=O)NCC(=O)Nc3ccc(COC(=O)Oc4ccc([N+](=O)[O-])cc4)cc3)CCC21C. The van der Waals surface area contributed by atoms with Gasteiger partial charge < -0.3 is 35.5 Å². The minimum atomic E-state index is -0.998. The number of nitro groups is 1. The van der Waals surface area contributed by atoms with Crippen LogP contribution in [0.15, 0.2) is 90.5 Å². The summed E-state index contributed by atoms with van der Waals surface area (Å²) in [5.41, 5.74) is 3.51. The van der Waals surface area contributed by atoms with Gasteiger partial charge >= 0.3 is 6.16 Å². The normalized spacial score (nSPS) is 23.1. The lowest BCUT2D eigenvalue weighted by Gasteiger charge is -2.52. The molecule has 0 heterocycles. The van der Waals surface area contributed by atoms with Crippen LogP contribution in [-0.4, -0.2) is 66.5 Å². The monoisotopic (exact) mass is 1020 g/mol. The van der Waals surface area contributed by atoms with Crippen LogP contribution in [0.25, 0.3) is 0 Å². The first-order valence-electron chi connectivity index (χ1n) is 27.2. The molecule has 15 nitrogen and oxygen atoms in total. The second kappa shape index (κ2) is 28.0. The van der Waals surface area contributed by atoms with Gasteiger partial charge in [-0.25, -0.2) is 4.79 Å². The van der Waals surface area contributed by atoms with Gasteiger partial charge in [0.2, 0.25) is 23.6 Å². The van der Waals surface area contributed by atoms with Crippen LogP contribution in [0.4, 0.5) is 16.2 Å². The van der Waals surface area contributed by atoms with E-state index in [1.165, 1.54) is 69.2 Å². The van der Waals surface area contributed by atoms with E-state index < -0.39 is 34.8 Å². The van der Waals surface area contributed by atoms with Crippen molar-refractivity contribution in [3.8, 4) is 5.75 Å². The average molecular weight is 1020 g/mol. The maximum atomic E-state index is 13.4. The Morgan fingerprint density at radius 2 is 1.55 bits per heavy atom. The Kier molecular flexibility index (Phi) is 21.6. The van der Waals surface area contributed by atoms with Crippen molar-refractivity contribution in [3.63, 3.8) is 0 Å². The largest absolute Gasteiger partial charge is 0.514 e. The minimum Gasteiger partial charge on any atom is -0.429 e. The number of amides is 4. The predicted molar refractivity (Wildman–Crippen MR) is 286 cm³/mol. The number of benzene rings is 3. The molecule has 4 N–H and O–H groups in total. The van der Waals surface area contributed by atoms with Gasteiger partial charge in [-0.15, -0.1) is 0 Å². The number of ether oxygens (including phenoxy) is 3. The molecule has 0 aromatic heterocycles. The van der Waals surface area contributed by atoms with E-state index in [2.05, 4.69) is 68.9 Å². The first-order chi connectivity index (χ1) is 35.5. The number of hydrogen-bond donors (Lipinski definition) is 4. The molecule has 15 heteroatoms. The summed E-state index contributed by atoms with van der Waals surface area (Å²) < 4.78 is 16.6. The van der Waals surface area contributed by atoms with Crippen LogP contribution in [0, 0.1) is 57.0 Å². The molecular weight excluding hydrogens is 939 g/mol. The number of nitrogens with one attached hydrogen (secondary N) is 4. The van der Waals surface area contributed by atoms with Gasteiger partial charge in [-0.05, 0) is 127 Å². The highest BCUT2D eigenvalue weighted by Crippen LogP contribution is 2.59. The molecule has 3 aliphatic rings. The van der Waals surface area contributed by atoms with Crippen LogP contribution in [0.2, 0.25) is 0 Å². The van der Waals surface area contributed by atoms with E-state index in [9.17, 15) is 34.1 Å². The van der Waals surface area contributed by atoms with Crippen LogP contribution in [-0.2, 0) is 41.7 Å². The maximum absolute atomic E-state index is 13.4. The number of carbonyl (C=O) groups excluding carboxylic acids is 5. The van der Waals surface area contributed by atoms with Crippen LogP contribution >= 0.6 is 0 Å². The van der Waals surface area contributed by atoms with Crippen molar-refractivity contribution in [2.24, 2.45) is 46.8 Å². The average Bonchev–Trinajstić information content (AvgIpc) is 3.77. The molecule has 3 aromatic rings. The third kappa shape index (κ3) is 16.7. The maximum Gasteiger partial charge on any atom is 0.514 e. The molecule has 2 saturated carbocycles. The van der Waals surface area contributed by atoms with E-state index in [1.807, 2.05) is 30.3 Å². The summed E-state index contributed by atoms with van der Waals surface area (Å²) in [6, 6.07) is 19.6. The predicted octanol–water partition coefficient (Wildman–Crippen LogP) is 11.1. The van der Waals surface area contributed by atoms with Crippen molar-refractivity contribution in [3.05, 3.63) is 112 Å². The molecule has 2 fully saturated rings. The first-order valence-corrected chi connectivity index (χ1v) is 27.2. The molecule has 9 atom stereocenters. The number of carbonyl (C=O) groups is 5. The lowest BCUT2D eigenvalue weighted by atomic mass is 9.53. The van der Waals surface area contributed by atoms with E-state index in [1.54, 1.807) is 29.8 Å². The molecule has 4 amide bonds. The number of rotatable bonds is 26. The van der Waals surface area contributed by atoms with E-state index in [4.69, 9.17) is 14.2 Å². The Bertz CT molecular complexity index is 2360. The van der Waals surface area contributed by atoms with E-state index in [0.29, 0.717) is 36.7 Å². The van der Waals surface area contributed by atoms with Crippen molar-refractivity contribution in [2.45, 2.75) is 150 Å². The second-order valence-corrected chi connectivity index (χ2v) is 21.7. The summed E-state index contributed by atoms with van der Waals surface area (Å²) in [5, 5.41) is 21.8. The molecule has 6 rings (SSSR count). The number of non-ortho nitro benzene ring substituents is 1. The summed E-state index contributed by atoms with van der Waals surface area (Å²) in [7, 11) is 0. The molecule has 0 aliphatic heterocycles. The quantitative estimate of drug-likeness (QED) is 0.0150. The van der Waals surface area contributed by atoms with Gasteiger partial charge in [0.1, 0.15) is 18.4 Å². The molecule has 3 aliphatic carbocycles. The number of allylic oxidation sites excluding steroid dienone is 1. The van der Waals surface area contributed by atoms with Gasteiger partial charge in [0.25, 0.3) is 5.69 Å². The molecule has 0 bridgehead atoms. The second-order valence-electron chi connectivity index (χ2n) is 21.7. The fourth-order valence-electron chi connectivity index (χ4n) is 12.2. The Labute approximate surface area is 438 Å². The van der Waals surface area contributed by atoms with Gasteiger partial charge in [0.05, 0.1) is 17.6 Å². The fourth-order valence-corrected chi connectivity index (χ4v) is 12.2. The lowest BCUT2D eigenvalue weighted by Crippen LogP contribution is -2.49. The smallest absolute Gasteiger partial charge is 0.429 e. The van der Waals surface area contributed by atoms with Crippen molar-refractivity contribution in [1.82, 2.24) is 16.0 Å². The Balaban J connectivity index is 0.872. The highest BCUT2D eigenvalue weighted by atomic mass is 16.7. The molecular formula is C59H81N5O10. The zero-order valence-electron chi connectivity index (χ0n) is 44.5. The summed E-state index contributed by atoms with van der Waals surface area (Å²) in [5.74, 6) is 3.85. The number of hydrogen-bond acceptors (Lipinski definition) is 10. The number of nitrogens with zero attached hydrogens (tertiary/aromatic N) is 1. The first kappa shape index (κ1) is 57.2. The lowest BCUT2D eigenvalue weighted by molar-refractivity contribution is -0.384. The Morgan fingerprint density at radius 3 is 2.26 bits per heavy atom. The third-order valence-electron chi connectivity index (χ3n) is 16.3. The van der Waals surface area contributed by atoms with Crippen molar-refractivity contribution in [1.29, 1.82) is 0 Å². The number of fused-ring (bicyclic) bond motifs is 1. The van der Waals surface area contributed by atoms with E-state index in [0.717, 1.165) is 60.3 Å². The van der Waals surface area contributed by atoms with E-state index in [-0.39, 0.29) is 61.3 Å². The van der Waals surface area contributed by atoms with Crippen LogP contribution in [0.1, 0.15) is 136 Å². The standard InChI is InChI=1S/C59H81N5O10/c1-7-52-51(50-28-27-49(41(50)5)40(4)14-11-13-39(2)3)26-19-44-36-48(31-32-59(44,52)6)72-34-12-33-60-54(65)29-30-55(66)63-53(35-42-15-9-8-10-16-42)57(68)61-37-56(67)62-45-20-17-43(18-21-45)38-73-58(69)74-47-24-22-46(23-25-47)64(70)71/h8-10,15-25,39-41,48-53H,7,11-14,26-38H2,1-6H3,(H,60,65)(H,61,68)(H,62,67)(H,63,66). The molecule has 0 radical (unpaired) electrons. The Hall–Kier alpha value is -6.09. The highest BCUT2D eigenvalue weighted by Gasteiger charge is 2.50. The topological polar surface area (TPSA) is 204 Å². The van der Waals surface area contributed by atoms with Crippen LogP contribution in [0.3, 0.4) is 0 Å². The molecule has 402 valence electrons. The summed E-state index contributed by atoms with van der Waals surface area (Å²) in [6.45, 7) is 15.2. The summed E-state index contributed by atoms with van der Waals surface area (Å²) in [4.78, 5) is 74.5. The van der Waals surface area contributed by atoms with Crippen molar-refractivity contribution in [2.75, 3.05) is 25.0 Å². The Morgan fingerprint density at radius 1 is 0.824 bits per heavy atom. The van der Waals surface area contributed by atoms with Gasteiger partial charge in [-0.1, -0.05) is 121 Å². The molecule has 0 spiro atoms. The van der Waals surface area contributed by atoms with Gasteiger partial charge in [0.15, 0.2) is 0 Å². The molecule has 9 unspecified atom stereocenters. The third-order valence-corrected chi connectivity index (χ3v) is 16.3. The van der Waals surface area contributed by atoms with Crippen LogP contribution < -0.4 is 26.0 Å². The van der Waals surface area contributed by atoms with Crippen molar-refractivity contribution < 1.29 is 43.1 Å². The summed E-state index contributed by atoms with van der Waals surface area (Å²) in [6.07, 6.45) is 15.0. The van der Waals surface area contributed by atoms with Crippen LogP contribution in [0.5, 0.6) is 5.75 Å². The zero-order valence-corrected chi connectivity index (χ0v) is 44.5. The number of anilines is 1. The zero-order chi connectivity index (χ0) is 53.2. The number of nitro benzene ring substituents is 1. The van der Waals surface area contributed by atoms with E-state index >= 15 is 0 Å². The molecule has 3 aromatic carbocycles. The fraction of sp³-hybridized carbons (Fsp3) is 0.576. The molecule has 74 heavy (non-hydrogen) atoms.